The normalized spacial score (nSPS) is 10.8. The van der Waals surface area contributed by atoms with E-state index in [0.29, 0.717) is 18.2 Å². The minimum absolute atomic E-state index is 0.329. The van der Waals surface area contributed by atoms with Gasteiger partial charge in [-0.25, -0.2) is 14.4 Å². The van der Waals surface area contributed by atoms with Crippen LogP contribution in [0.1, 0.15) is 37.0 Å². The first-order chi connectivity index (χ1) is 11.8. The van der Waals surface area contributed by atoms with Gasteiger partial charge in [-0.2, -0.15) is 0 Å². The van der Waals surface area contributed by atoms with E-state index in [-0.39, 0.29) is 5.97 Å². The summed E-state index contributed by atoms with van der Waals surface area (Å²) in [5.74, 6) is -3.20. The Morgan fingerprint density at radius 2 is 1.68 bits per heavy atom. The SMILES string of the molecule is CCC(C)NCCCOc1ccc(C(=O)OC)cc1.O=C(O)C(=O)O. The van der Waals surface area contributed by atoms with Gasteiger partial charge in [-0.1, -0.05) is 6.92 Å². The first-order valence-electron chi connectivity index (χ1n) is 7.82. The van der Waals surface area contributed by atoms with Gasteiger partial charge in [-0.15, -0.1) is 0 Å². The van der Waals surface area contributed by atoms with Crippen LogP contribution in [0.25, 0.3) is 0 Å². The molecule has 1 atom stereocenters. The quantitative estimate of drug-likeness (QED) is 0.366. The predicted octanol–water partition coefficient (Wildman–Crippen LogP) is 1.79. The fourth-order valence-corrected chi connectivity index (χ4v) is 1.56. The Hall–Kier alpha value is -2.61. The van der Waals surface area contributed by atoms with E-state index in [4.69, 9.17) is 24.5 Å². The zero-order valence-corrected chi connectivity index (χ0v) is 14.7. The fraction of sp³-hybridized carbons (Fsp3) is 0.471. The number of hydrogen-bond acceptors (Lipinski definition) is 6. The molecule has 140 valence electrons. The fourth-order valence-electron chi connectivity index (χ4n) is 1.56. The van der Waals surface area contributed by atoms with E-state index in [2.05, 4.69) is 23.9 Å². The standard InChI is InChI=1S/C15H23NO3.C2H2O4/c1-4-12(2)16-10-5-11-19-14-8-6-13(7-9-14)15(17)18-3;3-1(4)2(5)6/h6-9,12,16H,4-5,10-11H2,1-3H3;(H,3,4)(H,5,6). The van der Waals surface area contributed by atoms with Crippen LogP contribution < -0.4 is 10.1 Å². The minimum Gasteiger partial charge on any atom is -0.494 e. The molecule has 0 aliphatic rings. The molecule has 8 nitrogen and oxygen atoms in total. The van der Waals surface area contributed by atoms with Crippen molar-refractivity contribution in [3.8, 4) is 5.75 Å². The van der Waals surface area contributed by atoms with Crippen molar-refractivity contribution in [1.82, 2.24) is 5.32 Å². The molecule has 0 radical (unpaired) electrons. The Morgan fingerprint density at radius 3 is 2.12 bits per heavy atom. The Kier molecular flexibility index (Phi) is 11.4. The summed E-state index contributed by atoms with van der Waals surface area (Å²) in [6.45, 7) is 5.96. The maximum atomic E-state index is 11.2. The van der Waals surface area contributed by atoms with Crippen LogP contribution in [0.2, 0.25) is 0 Å². The van der Waals surface area contributed by atoms with Gasteiger partial charge in [-0.3, -0.25) is 0 Å². The zero-order valence-electron chi connectivity index (χ0n) is 14.7. The van der Waals surface area contributed by atoms with Gasteiger partial charge < -0.3 is 25.0 Å². The van der Waals surface area contributed by atoms with Crippen LogP contribution in [0.4, 0.5) is 0 Å². The molecule has 1 unspecified atom stereocenters. The third-order valence-corrected chi connectivity index (χ3v) is 3.15. The van der Waals surface area contributed by atoms with Crippen molar-refractivity contribution in [2.45, 2.75) is 32.7 Å². The summed E-state index contributed by atoms with van der Waals surface area (Å²) in [7, 11) is 1.37. The number of carboxylic acid groups (broad SMARTS) is 2. The highest BCUT2D eigenvalue weighted by Gasteiger charge is 2.05. The van der Waals surface area contributed by atoms with Gasteiger partial charge in [0.1, 0.15) is 5.75 Å². The highest BCUT2D eigenvalue weighted by Crippen LogP contribution is 2.12. The highest BCUT2D eigenvalue weighted by molar-refractivity contribution is 6.27. The molecule has 1 rings (SSSR count). The van der Waals surface area contributed by atoms with Crippen LogP contribution in [-0.4, -0.2) is 54.4 Å². The molecule has 0 amide bonds. The van der Waals surface area contributed by atoms with Crippen molar-refractivity contribution in [3.05, 3.63) is 29.8 Å². The van der Waals surface area contributed by atoms with Crippen LogP contribution in [0.3, 0.4) is 0 Å². The first-order valence-corrected chi connectivity index (χ1v) is 7.82. The summed E-state index contributed by atoms with van der Waals surface area (Å²) >= 11 is 0. The molecule has 1 aromatic rings. The molecule has 0 aliphatic carbocycles. The van der Waals surface area contributed by atoms with Crippen LogP contribution in [0, 0.1) is 0 Å². The molecule has 1 aromatic carbocycles. The molecule has 0 saturated heterocycles. The van der Waals surface area contributed by atoms with Crippen molar-refractivity contribution in [3.63, 3.8) is 0 Å². The average Bonchev–Trinajstić information content (AvgIpc) is 2.61. The number of esters is 1. The molecule has 0 aromatic heterocycles. The minimum atomic E-state index is -1.82. The van der Waals surface area contributed by atoms with Crippen molar-refractivity contribution in [1.29, 1.82) is 0 Å². The smallest absolute Gasteiger partial charge is 0.414 e. The van der Waals surface area contributed by atoms with Crippen LogP contribution in [0.15, 0.2) is 24.3 Å². The number of benzene rings is 1. The zero-order chi connectivity index (χ0) is 19.2. The molecular formula is C17H25NO7. The predicted molar refractivity (Wildman–Crippen MR) is 90.9 cm³/mol. The summed E-state index contributed by atoms with van der Waals surface area (Å²) in [6.07, 6.45) is 2.10. The monoisotopic (exact) mass is 355 g/mol. The van der Waals surface area contributed by atoms with Crippen LogP contribution in [0.5, 0.6) is 5.75 Å². The van der Waals surface area contributed by atoms with Crippen molar-refractivity contribution >= 4 is 17.9 Å². The van der Waals surface area contributed by atoms with Crippen molar-refractivity contribution in [2.24, 2.45) is 0 Å². The lowest BCUT2D eigenvalue weighted by Gasteiger charge is -2.11. The Labute approximate surface area is 146 Å². The van der Waals surface area contributed by atoms with Gasteiger partial charge in [0.2, 0.25) is 0 Å². The van der Waals surface area contributed by atoms with E-state index in [1.807, 2.05) is 0 Å². The lowest BCUT2D eigenvalue weighted by molar-refractivity contribution is -0.159. The van der Waals surface area contributed by atoms with Gasteiger partial charge in [0.25, 0.3) is 0 Å². The molecule has 25 heavy (non-hydrogen) atoms. The molecule has 0 heterocycles. The number of carbonyl (C=O) groups excluding carboxylic acids is 1. The van der Waals surface area contributed by atoms with E-state index in [0.717, 1.165) is 25.1 Å². The largest absolute Gasteiger partial charge is 0.494 e. The Bertz CT molecular complexity index is 530. The lowest BCUT2D eigenvalue weighted by Crippen LogP contribution is -2.27. The number of ether oxygens (including phenoxy) is 2. The van der Waals surface area contributed by atoms with E-state index in [1.165, 1.54) is 7.11 Å². The first kappa shape index (κ1) is 22.4. The maximum Gasteiger partial charge on any atom is 0.414 e. The maximum absolute atomic E-state index is 11.2. The lowest BCUT2D eigenvalue weighted by atomic mass is 10.2. The molecule has 8 heteroatoms. The van der Waals surface area contributed by atoms with Crippen LogP contribution >= 0.6 is 0 Å². The van der Waals surface area contributed by atoms with E-state index in [9.17, 15) is 4.79 Å². The van der Waals surface area contributed by atoms with Gasteiger partial charge in [0.05, 0.1) is 19.3 Å². The third-order valence-electron chi connectivity index (χ3n) is 3.15. The van der Waals surface area contributed by atoms with Crippen molar-refractivity contribution in [2.75, 3.05) is 20.3 Å². The molecule has 0 bridgehead atoms. The number of carboxylic acids is 2. The van der Waals surface area contributed by atoms with E-state index < -0.39 is 11.9 Å². The second-order valence-electron chi connectivity index (χ2n) is 5.09. The van der Waals surface area contributed by atoms with E-state index >= 15 is 0 Å². The third kappa shape index (κ3) is 10.7. The Morgan fingerprint density at radius 1 is 1.12 bits per heavy atom. The van der Waals surface area contributed by atoms with Gasteiger partial charge in [0.15, 0.2) is 0 Å². The highest BCUT2D eigenvalue weighted by atomic mass is 16.5. The summed E-state index contributed by atoms with van der Waals surface area (Å²) in [4.78, 5) is 29.4. The summed E-state index contributed by atoms with van der Waals surface area (Å²) in [5.41, 5.74) is 0.535. The van der Waals surface area contributed by atoms with E-state index in [1.54, 1.807) is 24.3 Å². The van der Waals surface area contributed by atoms with Crippen LogP contribution in [-0.2, 0) is 14.3 Å². The second-order valence-corrected chi connectivity index (χ2v) is 5.09. The number of nitrogens with one attached hydrogen (secondary N) is 1. The summed E-state index contributed by atoms with van der Waals surface area (Å²) in [5, 5.41) is 18.2. The molecule has 0 saturated carbocycles. The molecule has 3 N–H and O–H groups in total. The summed E-state index contributed by atoms with van der Waals surface area (Å²) < 4.78 is 10.2. The van der Waals surface area contributed by atoms with Gasteiger partial charge in [-0.05, 0) is 50.6 Å². The second kappa shape index (κ2) is 12.8. The number of hydrogen-bond donors (Lipinski definition) is 3. The number of carbonyl (C=O) groups is 3. The van der Waals surface area contributed by atoms with Gasteiger partial charge >= 0.3 is 17.9 Å². The summed E-state index contributed by atoms with van der Waals surface area (Å²) in [6, 6.07) is 7.54. The molecular weight excluding hydrogens is 330 g/mol. The van der Waals surface area contributed by atoms with Gasteiger partial charge in [0, 0.05) is 6.04 Å². The average molecular weight is 355 g/mol. The number of methoxy groups -OCH3 is 1. The number of aliphatic carboxylic acids is 2. The molecule has 0 spiro atoms. The molecule has 0 aliphatic heterocycles. The molecule has 0 fully saturated rings. The topological polar surface area (TPSA) is 122 Å². The Balaban J connectivity index is 0.000000823. The van der Waals surface area contributed by atoms with Crippen molar-refractivity contribution < 1.29 is 34.1 Å². The number of rotatable bonds is 8.